The fourth-order valence-electron chi connectivity index (χ4n) is 9.36. The lowest BCUT2D eigenvalue weighted by molar-refractivity contribution is -0.0961. The van der Waals surface area contributed by atoms with Gasteiger partial charge in [-0.3, -0.25) is 0 Å². The van der Waals surface area contributed by atoms with E-state index >= 15 is 0 Å². The SMILES string of the molecule is C[C@H](CC=CC(C)(C)O)[C@H]1CC[C@@]2(C)C3=C(CC[C@]12C)[C@@]1(C)CC[C@H](O)C(C)(C)[C@@H]1CC3. The van der Waals surface area contributed by atoms with Gasteiger partial charge in [0.15, 0.2) is 0 Å². The summed E-state index contributed by atoms with van der Waals surface area (Å²) in [6.45, 7) is 18.6. The van der Waals surface area contributed by atoms with Crippen LogP contribution in [0.4, 0.5) is 0 Å². The summed E-state index contributed by atoms with van der Waals surface area (Å²) in [5, 5.41) is 20.9. The fraction of sp³-hybridized carbons (Fsp3) is 0.867. The topological polar surface area (TPSA) is 40.5 Å². The summed E-state index contributed by atoms with van der Waals surface area (Å²) in [6, 6.07) is 0. The molecule has 0 amide bonds. The minimum Gasteiger partial charge on any atom is -0.393 e. The number of aliphatic hydroxyl groups is 2. The summed E-state index contributed by atoms with van der Waals surface area (Å²) in [5.41, 5.74) is 3.93. The zero-order valence-electron chi connectivity index (χ0n) is 22.2. The average molecular weight is 443 g/mol. The van der Waals surface area contributed by atoms with Gasteiger partial charge in [-0.2, -0.15) is 0 Å². The molecule has 4 rings (SSSR count). The van der Waals surface area contributed by atoms with Crippen LogP contribution in [0.2, 0.25) is 0 Å². The third-order valence-corrected chi connectivity index (χ3v) is 11.5. The highest BCUT2D eigenvalue weighted by Gasteiger charge is 2.63. The minimum atomic E-state index is -0.714. The van der Waals surface area contributed by atoms with Gasteiger partial charge in [0.2, 0.25) is 0 Å². The molecule has 32 heavy (non-hydrogen) atoms. The largest absolute Gasteiger partial charge is 0.393 e. The molecule has 2 heteroatoms. The second-order valence-electron chi connectivity index (χ2n) is 14.0. The first-order valence-electron chi connectivity index (χ1n) is 13.5. The van der Waals surface area contributed by atoms with E-state index in [9.17, 15) is 10.2 Å². The van der Waals surface area contributed by atoms with Gasteiger partial charge in [0.1, 0.15) is 0 Å². The molecule has 0 radical (unpaired) electrons. The van der Waals surface area contributed by atoms with E-state index in [0.29, 0.717) is 22.7 Å². The number of hydrogen-bond acceptors (Lipinski definition) is 2. The highest BCUT2D eigenvalue weighted by atomic mass is 16.3. The smallest absolute Gasteiger partial charge is 0.0771 e. The number of hydrogen-bond donors (Lipinski definition) is 2. The lowest BCUT2D eigenvalue weighted by Gasteiger charge is -2.62. The van der Waals surface area contributed by atoms with Gasteiger partial charge in [-0.05, 0) is 111 Å². The molecule has 0 saturated heterocycles. The summed E-state index contributed by atoms with van der Waals surface area (Å²) >= 11 is 0. The predicted octanol–water partition coefficient (Wildman–Crippen LogP) is 7.45. The highest BCUT2D eigenvalue weighted by molar-refractivity contribution is 5.38. The Balaban J connectivity index is 1.64. The molecule has 2 N–H and O–H groups in total. The van der Waals surface area contributed by atoms with Crippen molar-refractivity contribution in [1.82, 2.24) is 0 Å². The molecule has 0 bridgehead atoms. The van der Waals surface area contributed by atoms with Gasteiger partial charge in [-0.15, -0.1) is 0 Å². The van der Waals surface area contributed by atoms with E-state index in [1.165, 1.54) is 38.5 Å². The van der Waals surface area contributed by atoms with Crippen LogP contribution in [0.3, 0.4) is 0 Å². The van der Waals surface area contributed by atoms with Crippen molar-refractivity contribution in [2.45, 2.75) is 125 Å². The molecule has 0 aromatic rings. The molecule has 7 atom stereocenters. The zero-order chi connectivity index (χ0) is 23.7. The first-order chi connectivity index (χ1) is 14.7. The van der Waals surface area contributed by atoms with E-state index in [1.807, 2.05) is 31.1 Å². The Labute approximate surface area is 198 Å². The van der Waals surface area contributed by atoms with Gasteiger partial charge < -0.3 is 10.2 Å². The van der Waals surface area contributed by atoms with Crippen molar-refractivity contribution in [1.29, 1.82) is 0 Å². The van der Waals surface area contributed by atoms with Crippen molar-refractivity contribution >= 4 is 0 Å². The molecule has 0 aliphatic heterocycles. The van der Waals surface area contributed by atoms with Crippen molar-refractivity contribution in [3.63, 3.8) is 0 Å². The molecule has 2 saturated carbocycles. The number of allylic oxidation sites excluding steroid dienone is 3. The Bertz CT molecular complexity index is 798. The van der Waals surface area contributed by atoms with Crippen LogP contribution >= 0.6 is 0 Å². The standard InChI is InChI=1S/C30H50O2/c1-20(10-9-16-26(2,3)32)21-13-18-30(8)23-11-12-24-27(4,5)25(31)15-17-28(24,6)22(23)14-19-29(21,30)7/h9,16,20-21,24-25,31-32H,10-15,17-19H2,1-8H3/t20-,21-,24+,25+,28-,29-,30+/m1/s1. The van der Waals surface area contributed by atoms with Crippen LogP contribution < -0.4 is 0 Å². The van der Waals surface area contributed by atoms with Gasteiger partial charge in [0.25, 0.3) is 0 Å². The Morgan fingerprint density at radius 3 is 2.31 bits per heavy atom. The van der Waals surface area contributed by atoms with Gasteiger partial charge in [0, 0.05) is 0 Å². The van der Waals surface area contributed by atoms with Crippen molar-refractivity contribution in [3.05, 3.63) is 23.3 Å². The maximum absolute atomic E-state index is 10.8. The molecule has 0 unspecified atom stereocenters. The van der Waals surface area contributed by atoms with Crippen LogP contribution in [0.25, 0.3) is 0 Å². The van der Waals surface area contributed by atoms with Gasteiger partial charge >= 0.3 is 0 Å². The number of fused-ring (bicyclic) bond motifs is 4. The maximum atomic E-state index is 10.8. The maximum Gasteiger partial charge on any atom is 0.0771 e. The Morgan fingerprint density at radius 1 is 0.969 bits per heavy atom. The van der Waals surface area contributed by atoms with E-state index < -0.39 is 5.60 Å². The summed E-state index contributed by atoms with van der Waals surface area (Å²) in [4.78, 5) is 0. The quantitative estimate of drug-likeness (QED) is 0.444. The highest BCUT2D eigenvalue weighted by Crippen LogP contribution is 2.72. The first kappa shape index (κ1) is 24.5. The number of rotatable bonds is 4. The van der Waals surface area contributed by atoms with Gasteiger partial charge in [0.05, 0.1) is 11.7 Å². The second kappa shape index (κ2) is 7.70. The summed E-state index contributed by atoms with van der Waals surface area (Å²) < 4.78 is 0. The van der Waals surface area contributed by atoms with Crippen LogP contribution in [0, 0.1) is 39.4 Å². The molecule has 182 valence electrons. The summed E-state index contributed by atoms with van der Waals surface area (Å²) in [6.07, 6.45) is 15.0. The molecular weight excluding hydrogens is 392 g/mol. The lowest BCUT2D eigenvalue weighted by atomic mass is 9.43. The van der Waals surface area contributed by atoms with Gasteiger partial charge in [-0.1, -0.05) is 64.8 Å². The third kappa shape index (κ3) is 3.49. The zero-order valence-corrected chi connectivity index (χ0v) is 22.2. The second-order valence-corrected chi connectivity index (χ2v) is 14.0. The summed E-state index contributed by atoms with van der Waals surface area (Å²) in [7, 11) is 0. The molecule has 0 aromatic carbocycles. The van der Waals surface area contributed by atoms with Crippen LogP contribution in [0.15, 0.2) is 23.3 Å². The molecule has 2 nitrogen and oxygen atoms in total. The van der Waals surface area contributed by atoms with Gasteiger partial charge in [-0.25, -0.2) is 0 Å². The molecule has 0 spiro atoms. The average Bonchev–Trinajstić information content (AvgIpc) is 2.96. The van der Waals surface area contributed by atoms with E-state index in [1.54, 1.807) is 0 Å². The monoisotopic (exact) mass is 442 g/mol. The number of aliphatic hydroxyl groups excluding tert-OH is 1. The first-order valence-corrected chi connectivity index (χ1v) is 13.5. The van der Waals surface area contributed by atoms with Crippen molar-refractivity contribution in [2.75, 3.05) is 0 Å². The molecule has 2 fully saturated rings. The molecule has 4 aliphatic rings. The van der Waals surface area contributed by atoms with Crippen LogP contribution in [0.1, 0.15) is 113 Å². The van der Waals surface area contributed by atoms with Crippen LogP contribution in [0.5, 0.6) is 0 Å². The Kier molecular flexibility index (Phi) is 5.90. The van der Waals surface area contributed by atoms with E-state index in [4.69, 9.17) is 0 Å². The van der Waals surface area contributed by atoms with Crippen LogP contribution in [-0.2, 0) is 0 Å². The predicted molar refractivity (Wildman–Crippen MR) is 134 cm³/mol. The molecule has 4 aliphatic carbocycles. The molecule has 0 aromatic heterocycles. The Morgan fingerprint density at radius 2 is 1.66 bits per heavy atom. The van der Waals surface area contributed by atoms with E-state index in [-0.39, 0.29) is 16.9 Å². The van der Waals surface area contributed by atoms with Crippen molar-refractivity contribution in [3.8, 4) is 0 Å². The van der Waals surface area contributed by atoms with Crippen molar-refractivity contribution in [2.24, 2.45) is 39.4 Å². The normalized spacial score (nSPS) is 44.9. The van der Waals surface area contributed by atoms with Crippen molar-refractivity contribution < 1.29 is 10.2 Å². The molecular formula is C30H50O2. The third-order valence-electron chi connectivity index (χ3n) is 11.5. The minimum absolute atomic E-state index is 0.0206. The molecule has 0 heterocycles. The summed E-state index contributed by atoms with van der Waals surface area (Å²) in [5.74, 6) is 2.01. The van der Waals surface area contributed by atoms with E-state index in [2.05, 4.69) is 47.6 Å². The van der Waals surface area contributed by atoms with E-state index in [0.717, 1.165) is 25.2 Å². The van der Waals surface area contributed by atoms with Crippen LogP contribution in [-0.4, -0.2) is 21.9 Å². The lowest BCUT2D eigenvalue weighted by Crippen LogP contribution is -2.55. The fourth-order valence-corrected chi connectivity index (χ4v) is 9.36. The Hall–Kier alpha value is -0.600.